The molecule has 2 unspecified atom stereocenters. The Morgan fingerprint density at radius 3 is 1.44 bits per heavy atom. The molecular formula is C44H90N4O2. The van der Waals surface area contributed by atoms with Crippen molar-refractivity contribution in [3.63, 3.8) is 0 Å². The van der Waals surface area contributed by atoms with Crippen molar-refractivity contribution < 1.29 is 9.59 Å². The maximum Gasteiger partial charge on any atom is 0.220 e. The van der Waals surface area contributed by atoms with Gasteiger partial charge in [-0.25, -0.2) is 0 Å². The molecule has 0 saturated carbocycles. The van der Waals surface area contributed by atoms with E-state index in [4.69, 9.17) is 5.73 Å². The van der Waals surface area contributed by atoms with Crippen molar-refractivity contribution >= 4 is 11.8 Å². The van der Waals surface area contributed by atoms with Crippen molar-refractivity contribution in [2.24, 2.45) is 5.73 Å². The van der Waals surface area contributed by atoms with Crippen LogP contribution in [0.1, 0.15) is 233 Å². The van der Waals surface area contributed by atoms with E-state index in [-0.39, 0.29) is 11.8 Å². The Bertz CT molecular complexity index is 718. The van der Waals surface area contributed by atoms with Gasteiger partial charge in [0.05, 0.1) is 0 Å². The molecule has 0 aliphatic carbocycles. The van der Waals surface area contributed by atoms with Gasteiger partial charge in [0.25, 0.3) is 0 Å². The molecule has 2 atom stereocenters. The van der Waals surface area contributed by atoms with E-state index in [0.29, 0.717) is 31.5 Å². The van der Waals surface area contributed by atoms with Crippen LogP contribution in [-0.2, 0) is 9.59 Å². The molecule has 0 aromatic heterocycles. The zero-order chi connectivity index (χ0) is 36.8. The minimum absolute atomic E-state index is 0.227. The number of carbonyl (C=O) groups is 2. The lowest BCUT2D eigenvalue weighted by Gasteiger charge is -2.29. The SMILES string of the molecule is CCCCCCCCCCCNC(=O)CCCCCN(CCN)C(C)CCCCCCC(CCCCCCCC)NC(=O)CCCCCCC. The molecule has 0 aromatic carbocycles. The average Bonchev–Trinajstić information content (AvgIpc) is 3.11. The van der Waals surface area contributed by atoms with Crippen molar-refractivity contribution in [2.75, 3.05) is 26.2 Å². The Kier molecular flexibility index (Phi) is 38.2. The van der Waals surface area contributed by atoms with Crippen molar-refractivity contribution in [3.05, 3.63) is 0 Å². The van der Waals surface area contributed by atoms with Gasteiger partial charge in [-0.2, -0.15) is 0 Å². The van der Waals surface area contributed by atoms with Crippen LogP contribution in [0.4, 0.5) is 0 Å². The predicted octanol–water partition coefficient (Wildman–Crippen LogP) is 11.8. The number of rotatable bonds is 40. The summed E-state index contributed by atoms with van der Waals surface area (Å²) in [6.45, 7) is 12.7. The molecule has 0 bridgehead atoms. The number of carbonyl (C=O) groups excluding carboxylic acids is 2. The number of nitrogens with two attached hydrogens (primary N) is 1. The number of unbranched alkanes of at least 4 members (excludes halogenated alkanes) is 22. The van der Waals surface area contributed by atoms with Crippen LogP contribution in [-0.4, -0.2) is 55.0 Å². The molecule has 50 heavy (non-hydrogen) atoms. The Balaban J connectivity index is 4.15. The quantitative estimate of drug-likeness (QED) is 0.0554. The second kappa shape index (κ2) is 39.1. The highest BCUT2D eigenvalue weighted by atomic mass is 16.2. The molecule has 6 nitrogen and oxygen atoms in total. The maximum atomic E-state index is 12.7. The lowest BCUT2D eigenvalue weighted by Crippen LogP contribution is -2.37. The predicted molar refractivity (Wildman–Crippen MR) is 220 cm³/mol. The lowest BCUT2D eigenvalue weighted by atomic mass is 9.99. The fourth-order valence-corrected chi connectivity index (χ4v) is 7.26. The smallest absolute Gasteiger partial charge is 0.220 e. The van der Waals surface area contributed by atoms with Gasteiger partial charge >= 0.3 is 0 Å². The largest absolute Gasteiger partial charge is 0.356 e. The molecule has 0 saturated heterocycles. The van der Waals surface area contributed by atoms with E-state index in [1.54, 1.807) is 0 Å². The summed E-state index contributed by atoms with van der Waals surface area (Å²) in [5.74, 6) is 0.504. The normalized spacial score (nSPS) is 12.8. The fraction of sp³-hybridized carbons (Fsp3) is 0.955. The first kappa shape index (κ1) is 48.9. The minimum atomic E-state index is 0.227. The van der Waals surface area contributed by atoms with Gasteiger partial charge in [-0.1, -0.05) is 168 Å². The summed E-state index contributed by atoms with van der Waals surface area (Å²) < 4.78 is 0. The van der Waals surface area contributed by atoms with Crippen LogP contribution in [0.15, 0.2) is 0 Å². The van der Waals surface area contributed by atoms with Gasteiger partial charge in [0.15, 0.2) is 0 Å². The number of nitrogens with zero attached hydrogens (tertiary/aromatic N) is 1. The van der Waals surface area contributed by atoms with E-state index in [2.05, 4.69) is 43.2 Å². The summed E-state index contributed by atoms with van der Waals surface area (Å²) in [6.07, 6.45) is 38.8. The molecule has 6 heteroatoms. The highest BCUT2D eigenvalue weighted by molar-refractivity contribution is 5.76. The van der Waals surface area contributed by atoms with E-state index >= 15 is 0 Å². The molecule has 0 spiro atoms. The fourth-order valence-electron chi connectivity index (χ4n) is 7.26. The molecule has 0 rings (SSSR count). The van der Waals surface area contributed by atoms with Crippen LogP contribution in [0.5, 0.6) is 0 Å². The van der Waals surface area contributed by atoms with Crippen LogP contribution < -0.4 is 16.4 Å². The first-order valence-corrected chi connectivity index (χ1v) is 22.5. The van der Waals surface area contributed by atoms with Crippen LogP contribution >= 0.6 is 0 Å². The van der Waals surface area contributed by atoms with Crippen LogP contribution in [0.2, 0.25) is 0 Å². The van der Waals surface area contributed by atoms with E-state index in [1.807, 2.05) is 0 Å². The second-order valence-corrected chi connectivity index (χ2v) is 15.6. The summed E-state index contributed by atoms with van der Waals surface area (Å²) in [6, 6.07) is 0.907. The summed E-state index contributed by atoms with van der Waals surface area (Å²) in [4.78, 5) is 27.5. The first-order valence-electron chi connectivity index (χ1n) is 22.5. The Morgan fingerprint density at radius 2 is 0.920 bits per heavy atom. The minimum Gasteiger partial charge on any atom is -0.356 e. The molecule has 0 radical (unpaired) electrons. The standard InChI is InChI=1S/C44H90N4O2/c1-5-8-11-14-16-17-18-23-30-38-46-43(49)35-29-24-31-39-48(40-37-45)41(4)32-25-21-22-27-34-42(33-26-20-15-12-9-6-2)47-44(50)36-28-19-13-10-7-3/h41-42H,5-40,45H2,1-4H3,(H,46,49)(H,47,50). The number of hydrogen-bond donors (Lipinski definition) is 3. The third-order valence-corrected chi connectivity index (χ3v) is 10.7. The molecule has 298 valence electrons. The molecule has 4 N–H and O–H groups in total. The zero-order valence-electron chi connectivity index (χ0n) is 34.5. The Labute approximate surface area is 313 Å². The van der Waals surface area contributed by atoms with E-state index < -0.39 is 0 Å². The highest BCUT2D eigenvalue weighted by Gasteiger charge is 2.14. The van der Waals surface area contributed by atoms with Crippen molar-refractivity contribution in [1.29, 1.82) is 0 Å². The first-order chi connectivity index (χ1) is 24.5. The summed E-state index contributed by atoms with van der Waals surface area (Å²) in [7, 11) is 0. The molecular weight excluding hydrogens is 617 g/mol. The number of amides is 2. The second-order valence-electron chi connectivity index (χ2n) is 15.6. The van der Waals surface area contributed by atoms with E-state index in [9.17, 15) is 9.59 Å². The van der Waals surface area contributed by atoms with Gasteiger partial charge in [0, 0.05) is 44.6 Å². The Hall–Kier alpha value is -1.14. The molecule has 0 aliphatic heterocycles. The highest BCUT2D eigenvalue weighted by Crippen LogP contribution is 2.17. The zero-order valence-corrected chi connectivity index (χ0v) is 34.5. The summed E-state index contributed by atoms with van der Waals surface area (Å²) >= 11 is 0. The third kappa shape index (κ3) is 34.0. The van der Waals surface area contributed by atoms with Gasteiger partial charge in [0.1, 0.15) is 0 Å². The van der Waals surface area contributed by atoms with Crippen LogP contribution in [0.3, 0.4) is 0 Å². The van der Waals surface area contributed by atoms with E-state index in [1.165, 1.54) is 148 Å². The van der Waals surface area contributed by atoms with Gasteiger partial charge in [-0.15, -0.1) is 0 Å². The number of hydrogen-bond acceptors (Lipinski definition) is 4. The van der Waals surface area contributed by atoms with Crippen molar-refractivity contribution in [3.8, 4) is 0 Å². The van der Waals surface area contributed by atoms with Crippen molar-refractivity contribution in [2.45, 2.75) is 245 Å². The van der Waals surface area contributed by atoms with Crippen LogP contribution in [0.25, 0.3) is 0 Å². The molecule has 0 fully saturated rings. The van der Waals surface area contributed by atoms with Gasteiger partial charge < -0.3 is 16.4 Å². The Morgan fingerprint density at radius 1 is 0.500 bits per heavy atom. The molecule has 0 aliphatic rings. The van der Waals surface area contributed by atoms with Gasteiger partial charge in [0.2, 0.25) is 11.8 Å². The lowest BCUT2D eigenvalue weighted by molar-refractivity contribution is -0.122. The molecule has 0 aromatic rings. The molecule has 2 amide bonds. The summed E-state index contributed by atoms with van der Waals surface area (Å²) in [5, 5.41) is 6.56. The summed E-state index contributed by atoms with van der Waals surface area (Å²) in [5.41, 5.74) is 5.99. The van der Waals surface area contributed by atoms with Crippen LogP contribution in [0, 0.1) is 0 Å². The van der Waals surface area contributed by atoms with Crippen molar-refractivity contribution in [1.82, 2.24) is 15.5 Å². The maximum absolute atomic E-state index is 12.7. The van der Waals surface area contributed by atoms with Gasteiger partial charge in [-0.3, -0.25) is 14.5 Å². The monoisotopic (exact) mass is 707 g/mol. The topological polar surface area (TPSA) is 87.5 Å². The van der Waals surface area contributed by atoms with Gasteiger partial charge in [-0.05, 0) is 58.4 Å². The number of nitrogens with one attached hydrogen (secondary N) is 2. The molecule has 0 heterocycles. The van der Waals surface area contributed by atoms with E-state index in [0.717, 1.165) is 64.6 Å². The third-order valence-electron chi connectivity index (χ3n) is 10.7. The average molecular weight is 707 g/mol.